The lowest BCUT2D eigenvalue weighted by Crippen LogP contribution is -2.50. The Balaban J connectivity index is 1.31. The highest BCUT2D eigenvalue weighted by atomic mass is 16.5. The van der Waals surface area contributed by atoms with Gasteiger partial charge in [-0.25, -0.2) is 4.68 Å². The van der Waals surface area contributed by atoms with Crippen molar-refractivity contribution in [2.75, 3.05) is 0 Å². The highest BCUT2D eigenvalue weighted by Gasteiger charge is 2.46. The Morgan fingerprint density at radius 2 is 2.03 bits per heavy atom. The van der Waals surface area contributed by atoms with Gasteiger partial charge in [-0.1, -0.05) is 6.92 Å². The van der Waals surface area contributed by atoms with E-state index in [0.29, 0.717) is 29.1 Å². The molecule has 4 heterocycles. The first-order valence-corrected chi connectivity index (χ1v) is 10.5. The average molecular weight is 406 g/mol. The Morgan fingerprint density at radius 1 is 1.17 bits per heavy atom. The van der Waals surface area contributed by atoms with Crippen molar-refractivity contribution in [3.8, 4) is 28.6 Å². The molecule has 2 fully saturated rings. The molecule has 156 valence electrons. The molecule has 5 rings (SSSR count). The lowest BCUT2D eigenvalue weighted by molar-refractivity contribution is 0.101. The van der Waals surface area contributed by atoms with E-state index < -0.39 is 0 Å². The third-order valence-corrected chi connectivity index (χ3v) is 6.36. The molecule has 2 saturated heterocycles. The number of piperidine rings is 1. The van der Waals surface area contributed by atoms with Gasteiger partial charge >= 0.3 is 0 Å². The van der Waals surface area contributed by atoms with Crippen molar-refractivity contribution in [2.24, 2.45) is 5.92 Å². The Labute approximate surface area is 176 Å². The van der Waals surface area contributed by atoms with Crippen LogP contribution >= 0.6 is 0 Å². The van der Waals surface area contributed by atoms with Gasteiger partial charge in [0.25, 0.3) is 0 Å². The molecule has 0 radical (unpaired) electrons. The van der Waals surface area contributed by atoms with E-state index in [1.165, 1.54) is 6.42 Å². The van der Waals surface area contributed by atoms with Crippen LogP contribution in [0.3, 0.4) is 0 Å². The normalized spacial score (nSPS) is 27.9. The molecular formula is C23H27N5O2. The second-order valence-corrected chi connectivity index (χ2v) is 9.03. The second-order valence-electron chi connectivity index (χ2n) is 9.03. The molecule has 3 aromatic rings. The number of nitrogens with zero attached hydrogens (tertiary/aromatic N) is 4. The summed E-state index contributed by atoms with van der Waals surface area (Å²) in [7, 11) is 0. The van der Waals surface area contributed by atoms with E-state index in [9.17, 15) is 5.11 Å². The molecule has 4 atom stereocenters. The Bertz CT molecular complexity index is 1060. The first-order valence-electron chi connectivity index (χ1n) is 10.5. The predicted molar refractivity (Wildman–Crippen MR) is 114 cm³/mol. The van der Waals surface area contributed by atoms with E-state index in [1.807, 2.05) is 43.5 Å². The molecule has 1 aromatic carbocycles. The minimum atomic E-state index is 0.139. The van der Waals surface area contributed by atoms with E-state index in [1.54, 1.807) is 10.7 Å². The number of hydrogen-bond donors (Lipinski definition) is 2. The standard InChI is InChI=1S/C23H27N5O2/c1-14-12-23(3)13-17(11-20(14)24-23)30-22-7-6-19(25-26-22)18-5-4-16(10-21(18)29)28-9-8-15(2)27-28/h4-10,14,17,20,24,29H,11-13H2,1-3H3. The van der Waals surface area contributed by atoms with Crippen LogP contribution in [0.1, 0.15) is 38.8 Å². The smallest absolute Gasteiger partial charge is 0.233 e. The zero-order chi connectivity index (χ0) is 20.9. The first-order chi connectivity index (χ1) is 14.4. The molecule has 2 bridgehead atoms. The summed E-state index contributed by atoms with van der Waals surface area (Å²) in [5.41, 5.74) is 3.10. The third-order valence-electron chi connectivity index (χ3n) is 6.36. The summed E-state index contributed by atoms with van der Waals surface area (Å²) in [6.45, 7) is 6.52. The number of benzene rings is 1. The molecular weight excluding hydrogens is 378 g/mol. The van der Waals surface area contributed by atoms with Crippen molar-refractivity contribution in [3.05, 3.63) is 48.3 Å². The number of phenolic OH excluding ortho intramolecular Hbond substituents is 1. The van der Waals surface area contributed by atoms with Crippen LogP contribution in [-0.4, -0.2) is 42.8 Å². The fourth-order valence-electron chi connectivity index (χ4n) is 5.03. The van der Waals surface area contributed by atoms with Gasteiger partial charge in [0.2, 0.25) is 5.88 Å². The van der Waals surface area contributed by atoms with E-state index in [2.05, 4.69) is 34.5 Å². The van der Waals surface area contributed by atoms with Crippen LogP contribution in [0.5, 0.6) is 11.6 Å². The van der Waals surface area contributed by atoms with Crippen LogP contribution in [0, 0.1) is 12.8 Å². The average Bonchev–Trinajstić information content (AvgIpc) is 3.22. The topological polar surface area (TPSA) is 85.1 Å². The third kappa shape index (κ3) is 3.54. The fourth-order valence-corrected chi connectivity index (χ4v) is 5.03. The summed E-state index contributed by atoms with van der Waals surface area (Å²) >= 11 is 0. The zero-order valence-corrected chi connectivity index (χ0v) is 17.5. The molecule has 2 aliphatic rings. The van der Waals surface area contributed by atoms with Gasteiger partial charge in [-0.15, -0.1) is 10.2 Å². The van der Waals surface area contributed by atoms with Crippen LogP contribution in [-0.2, 0) is 0 Å². The van der Waals surface area contributed by atoms with Gasteiger partial charge < -0.3 is 15.2 Å². The van der Waals surface area contributed by atoms with Crippen molar-refractivity contribution in [1.82, 2.24) is 25.3 Å². The van der Waals surface area contributed by atoms with Crippen molar-refractivity contribution in [2.45, 2.75) is 57.7 Å². The number of rotatable bonds is 4. The highest BCUT2D eigenvalue weighted by molar-refractivity contribution is 5.68. The van der Waals surface area contributed by atoms with Gasteiger partial charge in [-0.3, -0.25) is 0 Å². The van der Waals surface area contributed by atoms with Gasteiger partial charge in [0.05, 0.1) is 17.1 Å². The lowest BCUT2D eigenvalue weighted by Gasteiger charge is -2.36. The minimum Gasteiger partial charge on any atom is -0.507 e. The van der Waals surface area contributed by atoms with Crippen LogP contribution in [0.4, 0.5) is 0 Å². The monoisotopic (exact) mass is 405 g/mol. The van der Waals surface area contributed by atoms with E-state index in [0.717, 1.165) is 24.2 Å². The van der Waals surface area contributed by atoms with Crippen LogP contribution in [0.25, 0.3) is 16.9 Å². The van der Waals surface area contributed by atoms with E-state index in [4.69, 9.17) is 4.74 Å². The van der Waals surface area contributed by atoms with Gasteiger partial charge in [-0.05, 0) is 50.5 Å². The lowest BCUT2D eigenvalue weighted by atomic mass is 9.91. The number of aromatic hydroxyl groups is 1. The predicted octanol–water partition coefficient (Wildman–Crippen LogP) is 3.64. The maximum Gasteiger partial charge on any atom is 0.233 e. The van der Waals surface area contributed by atoms with E-state index in [-0.39, 0.29) is 17.4 Å². The minimum absolute atomic E-state index is 0.139. The van der Waals surface area contributed by atoms with Crippen molar-refractivity contribution in [3.63, 3.8) is 0 Å². The molecule has 0 amide bonds. The number of fused-ring (bicyclic) bond motifs is 2. The van der Waals surface area contributed by atoms with Crippen LogP contribution in [0.15, 0.2) is 42.6 Å². The first kappa shape index (κ1) is 19.1. The number of phenols is 1. The summed E-state index contributed by atoms with van der Waals surface area (Å²) in [4.78, 5) is 0. The Hall–Kier alpha value is -2.93. The van der Waals surface area contributed by atoms with Crippen molar-refractivity contribution < 1.29 is 9.84 Å². The summed E-state index contributed by atoms with van der Waals surface area (Å²) < 4.78 is 7.89. The number of aryl methyl sites for hydroxylation is 1. The van der Waals surface area contributed by atoms with Gasteiger partial charge in [0.1, 0.15) is 11.9 Å². The molecule has 30 heavy (non-hydrogen) atoms. The Kier molecular flexibility index (Phi) is 4.50. The number of ether oxygens (including phenoxy) is 1. The fraction of sp³-hybridized carbons (Fsp3) is 0.435. The summed E-state index contributed by atoms with van der Waals surface area (Å²) in [6, 6.07) is 11.5. The number of nitrogens with one attached hydrogen (secondary N) is 1. The summed E-state index contributed by atoms with van der Waals surface area (Å²) in [5, 5.41) is 27.2. The molecule has 0 saturated carbocycles. The zero-order valence-electron chi connectivity index (χ0n) is 17.5. The number of hydrogen-bond acceptors (Lipinski definition) is 6. The van der Waals surface area contributed by atoms with Gasteiger partial charge in [-0.2, -0.15) is 5.10 Å². The van der Waals surface area contributed by atoms with Gasteiger partial charge in [0.15, 0.2) is 0 Å². The molecule has 0 aliphatic carbocycles. The van der Waals surface area contributed by atoms with Crippen LogP contribution < -0.4 is 10.1 Å². The Morgan fingerprint density at radius 3 is 2.70 bits per heavy atom. The van der Waals surface area contributed by atoms with Gasteiger partial charge in [0, 0.05) is 48.3 Å². The molecule has 2 aliphatic heterocycles. The molecule has 7 heteroatoms. The number of aromatic nitrogens is 4. The van der Waals surface area contributed by atoms with Crippen molar-refractivity contribution in [1.29, 1.82) is 0 Å². The maximum atomic E-state index is 10.5. The molecule has 2 N–H and O–H groups in total. The largest absolute Gasteiger partial charge is 0.507 e. The quantitative estimate of drug-likeness (QED) is 0.689. The second kappa shape index (κ2) is 7.09. The SMILES string of the molecule is Cc1ccn(-c2ccc(-c3ccc(OC4CC5NC(C)(C4)CC5C)nn3)c(O)c2)n1. The molecule has 0 spiro atoms. The van der Waals surface area contributed by atoms with E-state index >= 15 is 0 Å². The molecule has 2 aromatic heterocycles. The molecule has 4 unspecified atom stereocenters. The van der Waals surface area contributed by atoms with Crippen molar-refractivity contribution >= 4 is 0 Å². The highest BCUT2D eigenvalue weighted by Crippen LogP contribution is 2.40. The van der Waals surface area contributed by atoms with Crippen LogP contribution in [0.2, 0.25) is 0 Å². The molecule has 7 nitrogen and oxygen atoms in total. The summed E-state index contributed by atoms with van der Waals surface area (Å²) in [6.07, 6.45) is 5.18. The maximum absolute atomic E-state index is 10.5. The summed E-state index contributed by atoms with van der Waals surface area (Å²) in [5.74, 6) is 1.35.